The zero-order valence-electron chi connectivity index (χ0n) is 14.1. The lowest BCUT2D eigenvalue weighted by Crippen LogP contribution is -3.19. The number of anilines is 1. The maximum absolute atomic E-state index is 12.5. The molecule has 0 aromatic heterocycles. The Morgan fingerprint density at radius 2 is 2.00 bits per heavy atom. The van der Waals surface area contributed by atoms with Gasteiger partial charge >= 0.3 is 6.03 Å². The van der Waals surface area contributed by atoms with Crippen LogP contribution < -0.4 is 15.1 Å². The van der Waals surface area contributed by atoms with Crippen molar-refractivity contribution in [3.8, 4) is 0 Å². The van der Waals surface area contributed by atoms with E-state index in [9.17, 15) is 9.59 Å². The molecule has 2 aliphatic heterocycles. The van der Waals surface area contributed by atoms with E-state index < -0.39 is 0 Å². The molecule has 0 aliphatic carbocycles. The number of carbonyl (C=O) groups excluding carboxylic acids is 2. The Hall–Kier alpha value is -1.79. The van der Waals surface area contributed by atoms with Gasteiger partial charge in [-0.25, -0.2) is 4.79 Å². The van der Waals surface area contributed by atoms with Crippen LogP contribution in [0.4, 0.5) is 10.5 Å². The molecule has 0 unspecified atom stereocenters. The number of imide groups is 1. The molecule has 0 spiro atoms. The minimum absolute atomic E-state index is 0.0765. The van der Waals surface area contributed by atoms with Crippen LogP contribution in [0.5, 0.6) is 0 Å². The van der Waals surface area contributed by atoms with Crippen molar-refractivity contribution in [2.75, 3.05) is 44.2 Å². The number of hydrogen-bond acceptors (Lipinski definition) is 3. The van der Waals surface area contributed by atoms with Gasteiger partial charge in [0.1, 0.15) is 0 Å². The molecule has 2 saturated heterocycles. The number of halogens is 1. The van der Waals surface area contributed by atoms with Crippen molar-refractivity contribution in [1.29, 1.82) is 0 Å². The Balaban J connectivity index is 1.61. The third kappa shape index (κ3) is 3.35. The first-order chi connectivity index (χ1) is 11.5. The largest absolute Gasteiger partial charge is 0.360 e. The maximum Gasteiger partial charge on any atom is 0.324 e. The number of urea groups is 1. The highest BCUT2D eigenvalue weighted by Crippen LogP contribution is 2.24. The molecule has 1 aromatic carbocycles. The summed E-state index contributed by atoms with van der Waals surface area (Å²) in [7, 11) is 0. The summed E-state index contributed by atoms with van der Waals surface area (Å²) in [5.41, 5.74) is 2.38. The molecule has 6 nitrogen and oxygen atoms in total. The summed E-state index contributed by atoms with van der Waals surface area (Å²) < 4.78 is 0. The monoisotopic (exact) mass is 351 g/mol. The number of benzene rings is 1. The van der Waals surface area contributed by atoms with E-state index in [1.54, 1.807) is 0 Å². The molecule has 3 rings (SSSR count). The second kappa shape index (κ2) is 6.99. The van der Waals surface area contributed by atoms with Gasteiger partial charge in [0.05, 0.1) is 26.2 Å². The highest BCUT2D eigenvalue weighted by molar-refractivity contribution is 6.30. The molecule has 0 radical (unpaired) electrons. The molecule has 2 heterocycles. The normalized spacial score (nSPS) is 20.2. The van der Waals surface area contributed by atoms with Crippen molar-refractivity contribution in [1.82, 2.24) is 10.2 Å². The van der Waals surface area contributed by atoms with E-state index in [4.69, 9.17) is 11.6 Å². The van der Waals surface area contributed by atoms with Crippen molar-refractivity contribution < 1.29 is 14.5 Å². The molecule has 24 heavy (non-hydrogen) atoms. The highest BCUT2D eigenvalue weighted by atomic mass is 35.5. The Morgan fingerprint density at radius 1 is 1.29 bits per heavy atom. The summed E-state index contributed by atoms with van der Waals surface area (Å²) in [6.45, 7) is 8.52. The number of aryl methyl sites for hydroxylation is 1. The van der Waals surface area contributed by atoms with Crippen LogP contribution in [0.25, 0.3) is 0 Å². The molecule has 2 N–H and O–H groups in total. The molecular formula is C17H24ClN4O2+. The second-order valence-corrected chi connectivity index (χ2v) is 6.96. The smallest absolute Gasteiger partial charge is 0.324 e. The van der Waals surface area contributed by atoms with Gasteiger partial charge in [0, 0.05) is 23.8 Å². The van der Waals surface area contributed by atoms with Gasteiger partial charge in [-0.1, -0.05) is 17.7 Å². The first-order valence-electron chi connectivity index (χ1n) is 8.42. The Kier molecular flexibility index (Phi) is 4.96. The number of carbonyl (C=O) groups is 2. The van der Waals surface area contributed by atoms with Crippen molar-refractivity contribution >= 4 is 29.2 Å². The van der Waals surface area contributed by atoms with Crippen LogP contribution in [-0.4, -0.2) is 62.1 Å². The van der Waals surface area contributed by atoms with E-state index in [2.05, 4.69) is 17.1 Å². The van der Waals surface area contributed by atoms with Crippen LogP contribution in [0.3, 0.4) is 0 Å². The number of hydrogen-bond donors (Lipinski definition) is 2. The number of rotatable bonds is 3. The molecule has 1 atom stereocenters. The molecule has 2 fully saturated rings. The van der Waals surface area contributed by atoms with E-state index in [0.717, 1.165) is 31.2 Å². The van der Waals surface area contributed by atoms with Crippen LogP contribution >= 0.6 is 11.6 Å². The van der Waals surface area contributed by atoms with Crippen LogP contribution in [0.15, 0.2) is 18.2 Å². The first kappa shape index (κ1) is 17.0. The van der Waals surface area contributed by atoms with Crippen molar-refractivity contribution in [2.45, 2.75) is 19.9 Å². The lowest BCUT2D eigenvalue weighted by atomic mass is 10.1. The van der Waals surface area contributed by atoms with Gasteiger partial charge in [-0.3, -0.25) is 9.69 Å². The third-order valence-corrected chi connectivity index (χ3v) is 5.26. The standard InChI is InChI=1S/C17H23ClN4O2/c1-12-3-4-14(18)11-15(12)21-9-7-20(8-10-21)13(2)16(23)22-6-5-19-17(22)24/h3-4,11,13H,5-10H2,1-2H3,(H,19,24)/p+1/t13-/m1/s1. The predicted octanol–water partition coefficient (Wildman–Crippen LogP) is 0.294. The zero-order chi connectivity index (χ0) is 17.3. The topological polar surface area (TPSA) is 57.1 Å². The van der Waals surface area contributed by atoms with E-state index in [1.165, 1.54) is 21.1 Å². The van der Waals surface area contributed by atoms with Gasteiger partial charge in [0.15, 0.2) is 6.04 Å². The quantitative estimate of drug-likeness (QED) is 0.823. The predicted molar refractivity (Wildman–Crippen MR) is 93.7 cm³/mol. The Morgan fingerprint density at radius 3 is 2.62 bits per heavy atom. The van der Waals surface area contributed by atoms with Crippen LogP contribution in [-0.2, 0) is 4.79 Å². The molecule has 1 aromatic rings. The van der Waals surface area contributed by atoms with Gasteiger partial charge in [-0.2, -0.15) is 0 Å². The van der Waals surface area contributed by atoms with E-state index in [1.807, 2.05) is 25.1 Å². The summed E-state index contributed by atoms with van der Waals surface area (Å²) in [6.07, 6.45) is 0. The van der Waals surface area contributed by atoms with E-state index >= 15 is 0 Å². The average Bonchev–Trinajstić information content (AvgIpc) is 3.02. The Labute approximate surface area is 147 Å². The molecule has 2 aliphatic rings. The highest BCUT2D eigenvalue weighted by Gasteiger charge is 2.36. The summed E-state index contributed by atoms with van der Waals surface area (Å²) in [5, 5.41) is 3.43. The number of nitrogens with one attached hydrogen (secondary N) is 2. The summed E-state index contributed by atoms with van der Waals surface area (Å²) in [4.78, 5) is 29.1. The Bertz CT molecular complexity index is 643. The lowest BCUT2D eigenvalue weighted by Gasteiger charge is -2.37. The van der Waals surface area contributed by atoms with E-state index in [-0.39, 0.29) is 18.0 Å². The number of amides is 3. The minimum atomic E-state index is -0.264. The van der Waals surface area contributed by atoms with Gasteiger partial charge in [-0.15, -0.1) is 0 Å². The van der Waals surface area contributed by atoms with Crippen molar-refractivity contribution in [2.24, 2.45) is 0 Å². The molecular weight excluding hydrogens is 328 g/mol. The van der Waals surface area contributed by atoms with Gasteiger partial charge in [0.25, 0.3) is 5.91 Å². The molecule has 0 saturated carbocycles. The first-order valence-corrected chi connectivity index (χ1v) is 8.80. The van der Waals surface area contributed by atoms with Crippen LogP contribution in [0.1, 0.15) is 12.5 Å². The van der Waals surface area contributed by atoms with Gasteiger partial charge < -0.3 is 15.1 Å². The molecule has 7 heteroatoms. The summed E-state index contributed by atoms with van der Waals surface area (Å²) in [5.74, 6) is -0.0765. The van der Waals surface area contributed by atoms with E-state index in [0.29, 0.717) is 13.1 Å². The average molecular weight is 352 g/mol. The SMILES string of the molecule is Cc1ccc(Cl)cc1N1CC[NH+]([C@H](C)C(=O)N2CCNC2=O)CC1. The second-order valence-electron chi connectivity index (χ2n) is 6.52. The number of quaternary nitrogens is 1. The summed E-state index contributed by atoms with van der Waals surface area (Å²) in [6, 6.07) is 5.49. The fraction of sp³-hybridized carbons (Fsp3) is 0.529. The zero-order valence-corrected chi connectivity index (χ0v) is 14.9. The van der Waals surface area contributed by atoms with Gasteiger partial charge in [0.2, 0.25) is 0 Å². The molecule has 0 bridgehead atoms. The number of nitrogens with zero attached hydrogens (tertiary/aromatic N) is 2. The molecule has 130 valence electrons. The minimum Gasteiger partial charge on any atom is -0.360 e. The maximum atomic E-state index is 12.5. The number of piperazine rings is 1. The molecule has 3 amide bonds. The third-order valence-electron chi connectivity index (χ3n) is 5.02. The van der Waals surface area contributed by atoms with Gasteiger partial charge in [-0.05, 0) is 31.5 Å². The fourth-order valence-corrected chi connectivity index (χ4v) is 3.65. The lowest BCUT2D eigenvalue weighted by molar-refractivity contribution is -0.915. The van der Waals surface area contributed by atoms with Crippen LogP contribution in [0, 0.1) is 6.92 Å². The fourth-order valence-electron chi connectivity index (χ4n) is 3.48. The van der Waals surface area contributed by atoms with Crippen LogP contribution in [0.2, 0.25) is 5.02 Å². The van der Waals surface area contributed by atoms with Crippen molar-refractivity contribution in [3.63, 3.8) is 0 Å². The summed E-state index contributed by atoms with van der Waals surface area (Å²) >= 11 is 6.12. The van der Waals surface area contributed by atoms with Crippen molar-refractivity contribution in [3.05, 3.63) is 28.8 Å².